The molecule has 1 aromatic heterocycles. The molecule has 6 nitrogen and oxygen atoms in total. The standard InChI is InChI=1S/C9H14N2O4S2/c1-6-8(16-9(13)10-6)17(14,15)11-4-2-3-7(11)5-12/h7,12H,2-5H2,1H3,(H,10,13)/t7-/m0/s1. The first-order chi connectivity index (χ1) is 7.96. The smallest absolute Gasteiger partial charge is 0.305 e. The second-order valence-corrected chi connectivity index (χ2v) is 7.09. The van der Waals surface area contributed by atoms with E-state index in [9.17, 15) is 13.2 Å². The van der Waals surface area contributed by atoms with Gasteiger partial charge in [-0.2, -0.15) is 4.31 Å². The quantitative estimate of drug-likeness (QED) is 0.807. The van der Waals surface area contributed by atoms with E-state index in [4.69, 9.17) is 5.11 Å². The van der Waals surface area contributed by atoms with Gasteiger partial charge in [0.2, 0.25) is 0 Å². The fourth-order valence-corrected chi connectivity index (χ4v) is 5.15. The molecule has 1 saturated heterocycles. The number of sulfonamides is 1. The number of nitrogens with one attached hydrogen (secondary N) is 1. The SMILES string of the molecule is Cc1[nH]c(=O)sc1S(=O)(=O)N1CCC[C@H]1CO. The minimum Gasteiger partial charge on any atom is -0.395 e. The van der Waals surface area contributed by atoms with Crippen LogP contribution in [0.4, 0.5) is 0 Å². The van der Waals surface area contributed by atoms with Crippen molar-refractivity contribution in [2.24, 2.45) is 0 Å². The van der Waals surface area contributed by atoms with Crippen molar-refractivity contribution in [3.05, 3.63) is 15.4 Å². The van der Waals surface area contributed by atoms with Gasteiger partial charge in [-0.05, 0) is 19.8 Å². The summed E-state index contributed by atoms with van der Waals surface area (Å²) >= 11 is 0.698. The van der Waals surface area contributed by atoms with Crippen molar-refractivity contribution in [3.8, 4) is 0 Å². The summed E-state index contributed by atoms with van der Waals surface area (Å²) in [6.45, 7) is 1.78. The molecule has 1 aromatic rings. The number of aliphatic hydroxyl groups excluding tert-OH is 1. The average molecular weight is 278 g/mol. The van der Waals surface area contributed by atoms with E-state index in [-0.39, 0.29) is 21.7 Å². The van der Waals surface area contributed by atoms with Gasteiger partial charge in [-0.3, -0.25) is 4.79 Å². The monoisotopic (exact) mass is 278 g/mol. The molecular weight excluding hydrogens is 264 g/mol. The number of aromatic amines is 1. The number of aromatic nitrogens is 1. The molecule has 0 aliphatic carbocycles. The maximum absolute atomic E-state index is 12.3. The molecule has 1 aliphatic rings. The zero-order valence-corrected chi connectivity index (χ0v) is 11.0. The van der Waals surface area contributed by atoms with Crippen molar-refractivity contribution in [1.29, 1.82) is 0 Å². The molecule has 1 fully saturated rings. The van der Waals surface area contributed by atoms with E-state index in [0.29, 0.717) is 30.0 Å². The molecule has 1 atom stereocenters. The predicted octanol–water partition coefficient (Wildman–Crippen LogP) is -0.110. The summed E-state index contributed by atoms with van der Waals surface area (Å²) in [6, 6.07) is -0.364. The van der Waals surface area contributed by atoms with Gasteiger partial charge in [-0.15, -0.1) is 0 Å². The Balaban J connectivity index is 2.43. The summed E-state index contributed by atoms with van der Waals surface area (Å²) in [5, 5.41) is 9.15. The number of rotatable bonds is 3. The highest BCUT2D eigenvalue weighted by Crippen LogP contribution is 2.28. The van der Waals surface area contributed by atoms with Gasteiger partial charge in [0.25, 0.3) is 10.0 Å². The molecule has 2 rings (SSSR count). The highest BCUT2D eigenvalue weighted by Gasteiger charge is 2.36. The second kappa shape index (κ2) is 4.52. The van der Waals surface area contributed by atoms with Crippen LogP contribution in [0.15, 0.2) is 9.00 Å². The molecule has 96 valence electrons. The van der Waals surface area contributed by atoms with Crippen molar-refractivity contribution in [1.82, 2.24) is 9.29 Å². The number of aryl methyl sites for hydroxylation is 1. The lowest BCUT2D eigenvalue weighted by molar-refractivity contribution is 0.213. The van der Waals surface area contributed by atoms with Crippen LogP contribution >= 0.6 is 11.3 Å². The number of aliphatic hydroxyl groups is 1. The lowest BCUT2D eigenvalue weighted by atomic mass is 10.2. The Morgan fingerprint density at radius 3 is 2.82 bits per heavy atom. The van der Waals surface area contributed by atoms with Gasteiger partial charge in [0.1, 0.15) is 0 Å². The van der Waals surface area contributed by atoms with Gasteiger partial charge < -0.3 is 10.1 Å². The lowest BCUT2D eigenvalue weighted by Crippen LogP contribution is -2.37. The van der Waals surface area contributed by atoms with Crippen molar-refractivity contribution in [2.75, 3.05) is 13.2 Å². The van der Waals surface area contributed by atoms with Gasteiger partial charge in [0, 0.05) is 18.3 Å². The molecule has 2 heterocycles. The number of nitrogens with zero attached hydrogens (tertiary/aromatic N) is 1. The third-order valence-electron chi connectivity index (χ3n) is 2.86. The fourth-order valence-electron chi connectivity index (χ4n) is 2.05. The third-order valence-corrected chi connectivity index (χ3v) is 6.39. The minimum atomic E-state index is -3.65. The van der Waals surface area contributed by atoms with Crippen LogP contribution in [0, 0.1) is 6.92 Å². The van der Waals surface area contributed by atoms with E-state index < -0.39 is 10.0 Å². The molecule has 8 heteroatoms. The summed E-state index contributed by atoms with van der Waals surface area (Å²) in [4.78, 5) is 13.2. The molecule has 0 aromatic carbocycles. The zero-order chi connectivity index (χ0) is 12.6. The second-order valence-electron chi connectivity index (χ2n) is 4.02. The Morgan fingerprint density at radius 2 is 2.29 bits per heavy atom. The van der Waals surface area contributed by atoms with E-state index in [1.165, 1.54) is 4.31 Å². The lowest BCUT2D eigenvalue weighted by Gasteiger charge is -2.21. The average Bonchev–Trinajstić information content (AvgIpc) is 2.84. The van der Waals surface area contributed by atoms with E-state index in [2.05, 4.69) is 4.98 Å². The van der Waals surface area contributed by atoms with E-state index in [0.717, 1.165) is 6.42 Å². The molecule has 1 aliphatic heterocycles. The van der Waals surface area contributed by atoms with Crippen LogP contribution in [0.2, 0.25) is 0 Å². The van der Waals surface area contributed by atoms with Crippen LogP contribution in [-0.2, 0) is 10.0 Å². The Bertz CT molecular complexity index is 560. The fraction of sp³-hybridized carbons (Fsp3) is 0.667. The summed E-state index contributed by atoms with van der Waals surface area (Å²) in [5.41, 5.74) is 0.364. The number of hydrogen-bond acceptors (Lipinski definition) is 5. The molecule has 0 amide bonds. The predicted molar refractivity (Wildman–Crippen MR) is 63.7 cm³/mol. The first kappa shape index (κ1) is 12.7. The van der Waals surface area contributed by atoms with Gasteiger partial charge in [-0.1, -0.05) is 11.3 Å². The Hall–Kier alpha value is -0.700. The highest BCUT2D eigenvalue weighted by atomic mass is 32.2. The van der Waals surface area contributed by atoms with Crippen LogP contribution in [0.1, 0.15) is 18.5 Å². The van der Waals surface area contributed by atoms with Crippen LogP contribution in [0.3, 0.4) is 0 Å². The van der Waals surface area contributed by atoms with Crippen LogP contribution in [0.5, 0.6) is 0 Å². The van der Waals surface area contributed by atoms with Crippen LogP contribution < -0.4 is 4.87 Å². The first-order valence-electron chi connectivity index (χ1n) is 5.29. The molecule has 17 heavy (non-hydrogen) atoms. The number of H-pyrrole nitrogens is 1. The normalized spacial score (nSPS) is 22.1. The summed E-state index contributed by atoms with van der Waals surface area (Å²) in [7, 11) is -3.65. The molecule has 0 saturated carbocycles. The molecule has 0 unspecified atom stereocenters. The largest absolute Gasteiger partial charge is 0.395 e. The maximum atomic E-state index is 12.3. The Morgan fingerprint density at radius 1 is 1.59 bits per heavy atom. The van der Waals surface area contributed by atoms with E-state index in [1.54, 1.807) is 6.92 Å². The molecule has 0 spiro atoms. The molecule has 0 bridgehead atoms. The number of hydrogen-bond donors (Lipinski definition) is 2. The highest BCUT2D eigenvalue weighted by molar-refractivity contribution is 7.91. The Labute approximate surface area is 103 Å². The van der Waals surface area contributed by atoms with Crippen molar-refractivity contribution >= 4 is 21.4 Å². The third kappa shape index (κ3) is 2.17. The Kier molecular flexibility index (Phi) is 3.39. The summed E-state index contributed by atoms with van der Waals surface area (Å²) in [6.07, 6.45) is 1.40. The van der Waals surface area contributed by atoms with Gasteiger partial charge in [0.05, 0.1) is 6.61 Å². The van der Waals surface area contributed by atoms with Gasteiger partial charge in [0.15, 0.2) is 4.21 Å². The maximum Gasteiger partial charge on any atom is 0.305 e. The van der Waals surface area contributed by atoms with Crippen molar-refractivity contribution in [2.45, 2.75) is 30.0 Å². The molecular formula is C9H14N2O4S2. The molecule has 2 N–H and O–H groups in total. The minimum absolute atomic E-state index is 0.0582. The molecule has 0 radical (unpaired) electrons. The van der Waals surface area contributed by atoms with Crippen LogP contribution in [0.25, 0.3) is 0 Å². The topological polar surface area (TPSA) is 90.5 Å². The van der Waals surface area contributed by atoms with Gasteiger partial charge >= 0.3 is 4.87 Å². The summed E-state index contributed by atoms with van der Waals surface area (Å²) in [5.74, 6) is 0. The van der Waals surface area contributed by atoms with Crippen LogP contribution in [-0.4, -0.2) is 42.0 Å². The first-order valence-corrected chi connectivity index (χ1v) is 7.55. The number of thiazole rings is 1. The van der Waals surface area contributed by atoms with E-state index >= 15 is 0 Å². The van der Waals surface area contributed by atoms with E-state index in [1.807, 2.05) is 0 Å². The van der Waals surface area contributed by atoms with Gasteiger partial charge in [-0.25, -0.2) is 8.42 Å². The van der Waals surface area contributed by atoms with Crippen molar-refractivity contribution < 1.29 is 13.5 Å². The van der Waals surface area contributed by atoms with Crippen molar-refractivity contribution in [3.63, 3.8) is 0 Å². The summed E-state index contributed by atoms with van der Waals surface area (Å²) < 4.78 is 26.0. The zero-order valence-electron chi connectivity index (χ0n) is 9.34.